The van der Waals surface area contributed by atoms with Crippen LogP contribution in [0.15, 0.2) is 59.0 Å². The summed E-state index contributed by atoms with van der Waals surface area (Å²) in [5.74, 6) is 0.978. The molecule has 0 radical (unpaired) electrons. The van der Waals surface area contributed by atoms with Gasteiger partial charge in [0.15, 0.2) is 0 Å². The lowest BCUT2D eigenvalue weighted by atomic mass is 9.93. The summed E-state index contributed by atoms with van der Waals surface area (Å²) in [6.07, 6.45) is 4.49. The third kappa shape index (κ3) is 5.09. The molecule has 2 atom stereocenters. The van der Waals surface area contributed by atoms with Gasteiger partial charge in [-0.25, -0.2) is 4.39 Å². The number of benzene rings is 2. The molecule has 0 bridgehead atoms. The van der Waals surface area contributed by atoms with Crippen LogP contribution in [0.3, 0.4) is 0 Å². The number of rotatable bonds is 8. The number of fused-ring (bicyclic) bond motifs is 4. The smallest absolute Gasteiger partial charge is 0.261 e. The van der Waals surface area contributed by atoms with E-state index in [0.29, 0.717) is 46.8 Å². The minimum atomic E-state index is -0.289. The maximum Gasteiger partial charge on any atom is 0.261 e. The number of aromatic nitrogens is 3. The zero-order valence-corrected chi connectivity index (χ0v) is 26.8. The van der Waals surface area contributed by atoms with Crippen LogP contribution in [0.1, 0.15) is 85.3 Å². The molecule has 238 valence electrons. The van der Waals surface area contributed by atoms with Gasteiger partial charge in [0.05, 0.1) is 46.6 Å². The summed E-state index contributed by atoms with van der Waals surface area (Å²) in [7, 11) is 1.66. The standard InChI is InChI=1S/C36H32FN5O4S/c1-19-40-41-35(46-19)30-25(14-10-20-8-11-21(37)12-9-20)38-33-26-6-4-18-42(26)36(44)32(33)31(30)28-16-17-29(47-28)34(43)39-24-15-13-23-22(24)5-3-7-27(23)45-2/h3,5,7-9,11-12,16-17,24,26H,4,6,10,13-15,18H2,1-2H3,(H,39,43)/t24?,26-/m0/s1. The number of ether oxygens (including phenoxy) is 1. The van der Waals surface area contributed by atoms with Crippen molar-refractivity contribution >= 4 is 23.2 Å². The van der Waals surface area contributed by atoms with Gasteiger partial charge in [0.1, 0.15) is 11.6 Å². The number of halogens is 1. The van der Waals surface area contributed by atoms with Crippen molar-refractivity contribution in [3.05, 3.63) is 105 Å². The third-order valence-electron chi connectivity index (χ3n) is 9.48. The van der Waals surface area contributed by atoms with Crippen LogP contribution in [0, 0.1) is 12.7 Å². The van der Waals surface area contributed by atoms with Crippen molar-refractivity contribution in [2.45, 2.75) is 57.5 Å². The summed E-state index contributed by atoms with van der Waals surface area (Å²) in [4.78, 5) is 36.1. The van der Waals surface area contributed by atoms with Crippen LogP contribution in [0.25, 0.3) is 21.9 Å². The van der Waals surface area contributed by atoms with E-state index in [1.165, 1.54) is 23.5 Å². The molecule has 9 nitrogen and oxygen atoms in total. The predicted molar refractivity (Wildman–Crippen MR) is 174 cm³/mol. The molecule has 11 heteroatoms. The lowest BCUT2D eigenvalue weighted by Gasteiger charge is -2.16. The van der Waals surface area contributed by atoms with Crippen LogP contribution in [0.5, 0.6) is 5.75 Å². The van der Waals surface area contributed by atoms with Gasteiger partial charge in [-0.3, -0.25) is 14.6 Å². The Kier molecular flexibility index (Phi) is 7.35. The fourth-order valence-electron chi connectivity index (χ4n) is 7.30. The second-order valence-electron chi connectivity index (χ2n) is 12.2. The Morgan fingerprint density at radius 3 is 2.70 bits per heavy atom. The molecule has 1 fully saturated rings. The number of hydrogen-bond acceptors (Lipinski definition) is 8. The monoisotopic (exact) mass is 649 g/mol. The summed E-state index contributed by atoms with van der Waals surface area (Å²) < 4.78 is 25.2. The van der Waals surface area contributed by atoms with Gasteiger partial charge in [0, 0.05) is 23.9 Å². The molecule has 1 unspecified atom stereocenters. The number of methoxy groups -OCH3 is 1. The lowest BCUT2D eigenvalue weighted by Crippen LogP contribution is -2.26. The number of pyridine rings is 1. The zero-order valence-electron chi connectivity index (χ0n) is 26.0. The van der Waals surface area contributed by atoms with Gasteiger partial charge in [-0.2, -0.15) is 0 Å². The highest BCUT2D eigenvalue weighted by atomic mass is 32.1. The molecule has 2 aliphatic heterocycles. The van der Waals surface area contributed by atoms with Crippen LogP contribution < -0.4 is 10.1 Å². The molecular formula is C36H32FN5O4S. The average Bonchev–Trinajstić information content (AvgIpc) is 3.92. The van der Waals surface area contributed by atoms with Crippen LogP contribution in [-0.2, 0) is 19.3 Å². The average molecular weight is 650 g/mol. The first kappa shape index (κ1) is 29.5. The molecule has 3 aromatic heterocycles. The molecule has 0 spiro atoms. The first-order valence-corrected chi connectivity index (χ1v) is 16.7. The number of nitrogens with zero attached hydrogens (tertiary/aromatic N) is 4. The second kappa shape index (κ2) is 11.7. The number of amides is 2. The van der Waals surface area contributed by atoms with E-state index in [1.807, 2.05) is 35.2 Å². The van der Waals surface area contributed by atoms with Gasteiger partial charge in [-0.1, -0.05) is 24.3 Å². The van der Waals surface area contributed by atoms with Crippen molar-refractivity contribution in [2.24, 2.45) is 0 Å². The molecule has 8 rings (SSSR count). The minimum absolute atomic E-state index is 0.0662. The summed E-state index contributed by atoms with van der Waals surface area (Å²) in [6, 6.07) is 15.9. The topological polar surface area (TPSA) is 110 Å². The van der Waals surface area contributed by atoms with E-state index in [0.717, 1.165) is 64.4 Å². The van der Waals surface area contributed by atoms with Gasteiger partial charge in [0.2, 0.25) is 11.8 Å². The highest BCUT2D eigenvalue weighted by Crippen LogP contribution is 2.49. The largest absolute Gasteiger partial charge is 0.496 e. The van der Waals surface area contributed by atoms with E-state index >= 15 is 0 Å². The lowest BCUT2D eigenvalue weighted by molar-refractivity contribution is 0.0776. The Morgan fingerprint density at radius 1 is 1.06 bits per heavy atom. The van der Waals surface area contributed by atoms with Gasteiger partial charge >= 0.3 is 0 Å². The van der Waals surface area contributed by atoms with Gasteiger partial charge in [0.25, 0.3) is 11.8 Å². The van der Waals surface area contributed by atoms with Crippen molar-refractivity contribution in [1.82, 2.24) is 25.4 Å². The number of aryl methyl sites for hydroxylation is 3. The molecule has 1 aliphatic carbocycles. The molecule has 2 aromatic carbocycles. The Bertz CT molecular complexity index is 2040. The summed E-state index contributed by atoms with van der Waals surface area (Å²) >= 11 is 1.34. The second-order valence-corrected chi connectivity index (χ2v) is 13.3. The number of hydrogen-bond donors (Lipinski definition) is 1. The number of carbonyl (C=O) groups excluding carboxylic acids is 2. The van der Waals surface area contributed by atoms with Crippen molar-refractivity contribution in [1.29, 1.82) is 0 Å². The predicted octanol–water partition coefficient (Wildman–Crippen LogP) is 6.81. The molecule has 1 N–H and O–H groups in total. The van der Waals surface area contributed by atoms with Crippen LogP contribution in [0.2, 0.25) is 0 Å². The van der Waals surface area contributed by atoms with Gasteiger partial charge < -0.3 is 19.4 Å². The van der Waals surface area contributed by atoms with E-state index in [2.05, 4.69) is 15.5 Å². The maximum atomic E-state index is 14.0. The van der Waals surface area contributed by atoms with E-state index in [-0.39, 0.29) is 35.6 Å². The first-order chi connectivity index (χ1) is 22.9. The van der Waals surface area contributed by atoms with Crippen molar-refractivity contribution < 1.29 is 23.1 Å². The van der Waals surface area contributed by atoms with Crippen LogP contribution >= 0.6 is 11.3 Å². The van der Waals surface area contributed by atoms with Crippen LogP contribution in [0.4, 0.5) is 4.39 Å². The van der Waals surface area contributed by atoms with Crippen LogP contribution in [-0.4, -0.2) is 45.6 Å². The Morgan fingerprint density at radius 2 is 1.91 bits per heavy atom. The van der Waals surface area contributed by atoms with Crippen molar-refractivity contribution in [2.75, 3.05) is 13.7 Å². The van der Waals surface area contributed by atoms with Gasteiger partial charge in [-0.05, 0) is 85.5 Å². The normalized spacial score (nSPS) is 17.9. The molecule has 0 saturated carbocycles. The Balaban J connectivity index is 1.21. The van der Waals surface area contributed by atoms with Crippen molar-refractivity contribution in [3.63, 3.8) is 0 Å². The van der Waals surface area contributed by atoms with E-state index in [1.54, 1.807) is 26.2 Å². The summed E-state index contributed by atoms with van der Waals surface area (Å²) in [5, 5.41) is 11.7. The van der Waals surface area contributed by atoms with Crippen molar-refractivity contribution in [3.8, 4) is 27.6 Å². The molecular weight excluding hydrogens is 617 g/mol. The quantitative estimate of drug-likeness (QED) is 0.197. The van der Waals surface area contributed by atoms with Gasteiger partial charge in [-0.15, -0.1) is 21.5 Å². The van der Waals surface area contributed by atoms with E-state index in [9.17, 15) is 14.0 Å². The molecule has 5 aromatic rings. The fourth-order valence-corrected chi connectivity index (χ4v) is 8.27. The highest BCUT2D eigenvalue weighted by Gasteiger charge is 2.45. The van der Waals surface area contributed by atoms with E-state index in [4.69, 9.17) is 14.1 Å². The Hall–Kier alpha value is -4.90. The number of thiophene rings is 1. The maximum absolute atomic E-state index is 14.0. The highest BCUT2D eigenvalue weighted by molar-refractivity contribution is 7.17. The van der Waals surface area contributed by atoms with E-state index < -0.39 is 0 Å². The fraction of sp³-hybridized carbons (Fsp3) is 0.306. The first-order valence-electron chi connectivity index (χ1n) is 15.9. The molecule has 1 saturated heterocycles. The third-order valence-corrected chi connectivity index (χ3v) is 10.6. The number of nitrogens with one attached hydrogen (secondary N) is 1. The SMILES string of the molecule is COc1cccc2c1CCC2NC(=O)c1ccc(-c2c3c(nc(CCc4ccc(F)cc4)c2-c2nnc(C)o2)[C@@H]2CCCN2C3=O)s1. The molecule has 2 amide bonds. The molecule has 5 heterocycles. The summed E-state index contributed by atoms with van der Waals surface area (Å²) in [5.41, 5.74) is 6.47. The molecule has 3 aliphatic rings. The Labute approximate surface area is 274 Å². The molecule has 47 heavy (non-hydrogen) atoms. The zero-order chi connectivity index (χ0) is 32.2. The minimum Gasteiger partial charge on any atom is -0.496 e. The number of carbonyl (C=O) groups is 2. The summed E-state index contributed by atoms with van der Waals surface area (Å²) in [6.45, 7) is 2.39.